The van der Waals surface area contributed by atoms with Gasteiger partial charge in [0, 0.05) is 10.7 Å². The molecule has 1 fully saturated rings. The lowest BCUT2D eigenvalue weighted by molar-refractivity contribution is -0.118. The Bertz CT molecular complexity index is 717. The number of halogens is 3. The molecule has 1 aliphatic rings. The molecule has 0 bridgehead atoms. The Kier molecular flexibility index (Phi) is 3.98. The Morgan fingerprint density at radius 1 is 1.05 bits per heavy atom. The van der Waals surface area contributed by atoms with E-state index < -0.39 is 5.41 Å². The van der Waals surface area contributed by atoms with Crippen molar-refractivity contribution < 1.29 is 4.79 Å². The smallest absolute Gasteiger partial charge is 0.235 e. The Morgan fingerprint density at radius 3 is 2.09 bits per heavy atom. The van der Waals surface area contributed by atoms with Crippen LogP contribution in [0.4, 0.5) is 11.4 Å². The molecule has 1 amide bonds. The summed E-state index contributed by atoms with van der Waals surface area (Å²) >= 11 is 17.9. The largest absolute Gasteiger partial charge is 0.396 e. The van der Waals surface area contributed by atoms with Crippen molar-refractivity contribution in [3.8, 4) is 0 Å². The number of carbonyl (C=O) groups excluding carboxylic acids is 1. The Morgan fingerprint density at radius 2 is 1.59 bits per heavy atom. The lowest BCUT2D eigenvalue weighted by atomic mass is 9.95. The molecule has 2 aromatic carbocycles. The zero-order valence-corrected chi connectivity index (χ0v) is 13.8. The summed E-state index contributed by atoms with van der Waals surface area (Å²) in [5.41, 5.74) is 7.00. The van der Waals surface area contributed by atoms with Gasteiger partial charge in [-0.25, -0.2) is 0 Å². The molecule has 0 spiro atoms. The molecule has 1 saturated carbocycles. The molecule has 3 N–H and O–H groups in total. The van der Waals surface area contributed by atoms with Gasteiger partial charge in [-0.3, -0.25) is 4.79 Å². The van der Waals surface area contributed by atoms with E-state index >= 15 is 0 Å². The fourth-order valence-corrected chi connectivity index (χ4v) is 3.06. The molecule has 0 heterocycles. The molecule has 6 heteroatoms. The third kappa shape index (κ3) is 2.76. The highest BCUT2D eigenvalue weighted by Gasteiger charge is 2.51. The summed E-state index contributed by atoms with van der Waals surface area (Å²) in [6.45, 7) is 0. The quantitative estimate of drug-likeness (QED) is 0.769. The zero-order valence-electron chi connectivity index (χ0n) is 11.5. The van der Waals surface area contributed by atoms with E-state index in [0.717, 1.165) is 18.4 Å². The highest BCUT2D eigenvalue weighted by Crippen LogP contribution is 2.49. The molecule has 0 radical (unpaired) electrons. The number of carbonyl (C=O) groups is 1. The van der Waals surface area contributed by atoms with E-state index in [2.05, 4.69) is 5.32 Å². The third-order valence-electron chi connectivity index (χ3n) is 3.92. The van der Waals surface area contributed by atoms with Crippen LogP contribution in [-0.2, 0) is 10.2 Å². The second kappa shape index (κ2) is 5.65. The predicted molar refractivity (Wildman–Crippen MR) is 91.9 cm³/mol. The maximum Gasteiger partial charge on any atom is 0.235 e. The van der Waals surface area contributed by atoms with Gasteiger partial charge in [-0.1, -0.05) is 46.9 Å². The molecule has 0 saturated heterocycles. The fraction of sp³-hybridized carbons (Fsp3) is 0.188. The molecule has 3 nitrogen and oxygen atoms in total. The van der Waals surface area contributed by atoms with Crippen LogP contribution in [0.3, 0.4) is 0 Å². The van der Waals surface area contributed by atoms with E-state index in [1.54, 1.807) is 24.3 Å². The Labute approximate surface area is 143 Å². The highest BCUT2D eigenvalue weighted by atomic mass is 35.5. The monoisotopic (exact) mass is 354 g/mol. The number of hydrogen-bond acceptors (Lipinski definition) is 2. The lowest BCUT2D eigenvalue weighted by Gasteiger charge is -2.16. The van der Waals surface area contributed by atoms with Crippen molar-refractivity contribution in [2.75, 3.05) is 11.1 Å². The molecular weight excluding hydrogens is 343 g/mol. The maximum atomic E-state index is 12.6. The van der Waals surface area contributed by atoms with Crippen LogP contribution in [0.2, 0.25) is 15.1 Å². The molecule has 0 atom stereocenters. The third-order valence-corrected chi connectivity index (χ3v) is 4.80. The van der Waals surface area contributed by atoms with Gasteiger partial charge >= 0.3 is 0 Å². The summed E-state index contributed by atoms with van der Waals surface area (Å²) in [7, 11) is 0. The van der Waals surface area contributed by atoms with Crippen LogP contribution in [0.25, 0.3) is 0 Å². The first-order valence-corrected chi connectivity index (χ1v) is 7.88. The SMILES string of the molecule is Nc1c(Cl)cc(NC(=O)C2(c3ccc(Cl)cc3)CC2)cc1Cl. The van der Waals surface area contributed by atoms with Crippen LogP contribution in [0, 0.1) is 0 Å². The predicted octanol–water partition coefficient (Wildman–Crippen LogP) is 4.90. The second-order valence-electron chi connectivity index (χ2n) is 5.40. The number of nitrogens with one attached hydrogen (secondary N) is 1. The van der Waals surface area contributed by atoms with Gasteiger partial charge in [0.2, 0.25) is 5.91 Å². The number of nitrogen functional groups attached to an aromatic ring is 1. The normalized spacial score (nSPS) is 15.4. The minimum Gasteiger partial charge on any atom is -0.396 e. The molecular formula is C16H13Cl3N2O. The van der Waals surface area contributed by atoms with Gasteiger partial charge in [0.15, 0.2) is 0 Å². The number of benzene rings is 2. The van der Waals surface area contributed by atoms with E-state index in [9.17, 15) is 4.79 Å². The Balaban J connectivity index is 1.84. The van der Waals surface area contributed by atoms with Crippen molar-refractivity contribution in [3.05, 3.63) is 57.0 Å². The summed E-state index contributed by atoms with van der Waals surface area (Å²) in [5.74, 6) is -0.0771. The maximum absolute atomic E-state index is 12.6. The van der Waals surface area contributed by atoms with E-state index in [1.807, 2.05) is 12.1 Å². The van der Waals surface area contributed by atoms with Gasteiger partial charge < -0.3 is 11.1 Å². The van der Waals surface area contributed by atoms with Gasteiger partial charge in [0.05, 0.1) is 21.1 Å². The van der Waals surface area contributed by atoms with Gasteiger partial charge in [0.1, 0.15) is 0 Å². The molecule has 1 aliphatic carbocycles. The van der Waals surface area contributed by atoms with E-state index in [-0.39, 0.29) is 5.91 Å². The van der Waals surface area contributed by atoms with Crippen LogP contribution in [0.1, 0.15) is 18.4 Å². The van der Waals surface area contributed by atoms with Crippen molar-refractivity contribution in [2.24, 2.45) is 0 Å². The first-order valence-electron chi connectivity index (χ1n) is 6.74. The zero-order chi connectivity index (χ0) is 15.9. The van der Waals surface area contributed by atoms with Crippen LogP contribution in [0.15, 0.2) is 36.4 Å². The molecule has 114 valence electrons. The van der Waals surface area contributed by atoms with E-state index in [1.165, 1.54) is 0 Å². The van der Waals surface area contributed by atoms with Gasteiger partial charge in [-0.05, 0) is 42.7 Å². The van der Waals surface area contributed by atoms with Crippen LogP contribution in [-0.4, -0.2) is 5.91 Å². The average molecular weight is 356 g/mol. The molecule has 22 heavy (non-hydrogen) atoms. The molecule has 3 rings (SSSR count). The van der Waals surface area contributed by atoms with Crippen molar-refractivity contribution in [2.45, 2.75) is 18.3 Å². The standard InChI is InChI=1S/C16H13Cl3N2O/c17-10-3-1-9(2-4-10)16(5-6-16)15(22)21-11-7-12(18)14(20)13(19)8-11/h1-4,7-8H,5-6,20H2,(H,21,22). The summed E-state index contributed by atoms with van der Waals surface area (Å²) in [4.78, 5) is 12.6. The molecule has 0 unspecified atom stereocenters. The van der Waals surface area contributed by atoms with Crippen molar-refractivity contribution in [3.63, 3.8) is 0 Å². The number of anilines is 2. The highest BCUT2D eigenvalue weighted by molar-refractivity contribution is 6.39. The number of nitrogens with two attached hydrogens (primary N) is 1. The number of rotatable bonds is 3. The first kappa shape index (κ1) is 15.5. The number of amides is 1. The minimum atomic E-state index is -0.495. The topological polar surface area (TPSA) is 55.1 Å². The van der Waals surface area contributed by atoms with E-state index in [0.29, 0.717) is 26.4 Å². The molecule has 0 aromatic heterocycles. The minimum absolute atomic E-state index is 0.0771. The lowest BCUT2D eigenvalue weighted by Crippen LogP contribution is -2.27. The van der Waals surface area contributed by atoms with E-state index in [4.69, 9.17) is 40.5 Å². The summed E-state index contributed by atoms with van der Waals surface area (Å²) in [6, 6.07) is 10.6. The number of hydrogen-bond donors (Lipinski definition) is 2. The van der Waals surface area contributed by atoms with Gasteiger partial charge in [-0.2, -0.15) is 0 Å². The average Bonchev–Trinajstić information content (AvgIpc) is 3.27. The van der Waals surface area contributed by atoms with Crippen LogP contribution >= 0.6 is 34.8 Å². The second-order valence-corrected chi connectivity index (χ2v) is 6.65. The fourth-order valence-electron chi connectivity index (χ4n) is 2.45. The van der Waals surface area contributed by atoms with Gasteiger partial charge in [0.25, 0.3) is 0 Å². The molecule has 0 aliphatic heterocycles. The van der Waals surface area contributed by atoms with Crippen LogP contribution < -0.4 is 11.1 Å². The molecule has 2 aromatic rings. The van der Waals surface area contributed by atoms with Crippen molar-refractivity contribution in [1.29, 1.82) is 0 Å². The van der Waals surface area contributed by atoms with Gasteiger partial charge in [-0.15, -0.1) is 0 Å². The Hall–Kier alpha value is -1.42. The van der Waals surface area contributed by atoms with Crippen molar-refractivity contribution in [1.82, 2.24) is 0 Å². The van der Waals surface area contributed by atoms with Crippen molar-refractivity contribution >= 4 is 52.1 Å². The first-order chi connectivity index (χ1) is 10.4. The summed E-state index contributed by atoms with van der Waals surface area (Å²) in [6.07, 6.45) is 1.60. The summed E-state index contributed by atoms with van der Waals surface area (Å²) < 4.78 is 0. The van der Waals surface area contributed by atoms with Crippen LogP contribution in [0.5, 0.6) is 0 Å². The summed E-state index contributed by atoms with van der Waals surface area (Å²) in [5, 5.41) is 4.16.